The number of likely N-dealkylation sites (N-methyl/N-ethyl adjacent to an activating group) is 1. The summed E-state index contributed by atoms with van der Waals surface area (Å²) in [5.41, 5.74) is 0. The van der Waals surface area contributed by atoms with Crippen molar-refractivity contribution >= 4 is 0 Å². The summed E-state index contributed by atoms with van der Waals surface area (Å²) in [6.07, 6.45) is 3.50. The van der Waals surface area contributed by atoms with Crippen molar-refractivity contribution in [1.29, 1.82) is 0 Å². The molecule has 3 atom stereocenters. The number of hydrogen-bond donors (Lipinski definition) is 2. The molecule has 1 saturated carbocycles. The molecule has 90 valence electrons. The van der Waals surface area contributed by atoms with Crippen molar-refractivity contribution in [3.63, 3.8) is 0 Å². The second-order valence-corrected chi connectivity index (χ2v) is 4.47. The molecule has 0 aromatic rings. The van der Waals surface area contributed by atoms with Crippen LogP contribution in [0.25, 0.3) is 0 Å². The van der Waals surface area contributed by atoms with Gasteiger partial charge in [-0.15, -0.1) is 0 Å². The fourth-order valence-electron chi connectivity index (χ4n) is 2.32. The zero-order valence-corrected chi connectivity index (χ0v) is 9.72. The summed E-state index contributed by atoms with van der Waals surface area (Å²) < 4.78 is 4.88. The van der Waals surface area contributed by atoms with Crippen molar-refractivity contribution in [3.05, 3.63) is 0 Å². The van der Waals surface area contributed by atoms with Crippen LogP contribution in [0.1, 0.15) is 25.7 Å². The van der Waals surface area contributed by atoms with E-state index in [1.165, 1.54) is 6.42 Å². The van der Waals surface area contributed by atoms with E-state index in [-0.39, 0.29) is 12.1 Å². The van der Waals surface area contributed by atoms with Gasteiger partial charge in [0.15, 0.2) is 0 Å². The predicted octanol–water partition coefficient (Wildman–Crippen LogP) is 0.229. The molecule has 0 amide bonds. The van der Waals surface area contributed by atoms with Gasteiger partial charge in [-0.3, -0.25) is 4.90 Å². The SMILES string of the molecule is COCC(O)CN(C)[C@H]1CCCC[C@@H]1O. The third kappa shape index (κ3) is 4.07. The van der Waals surface area contributed by atoms with E-state index < -0.39 is 6.10 Å². The molecule has 2 N–H and O–H groups in total. The summed E-state index contributed by atoms with van der Waals surface area (Å²) in [5, 5.41) is 19.4. The van der Waals surface area contributed by atoms with Crippen LogP contribution in [0, 0.1) is 0 Å². The van der Waals surface area contributed by atoms with Gasteiger partial charge < -0.3 is 14.9 Å². The monoisotopic (exact) mass is 217 g/mol. The van der Waals surface area contributed by atoms with Crippen molar-refractivity contribution in [2.24, 2.45) is 0 Å². The van der Waals surface area contributed by atoms with Crippen molar-refractivity contribution in [2.75, 3.05) is 27.3 Å². The Morgan fingerprint density at radius 3 is 2.67 bits per heavy atom. The molecule has 1 rings (SSSR count). The second-order valence-electron chi connectivity index (χ2n) is 4.47. The van der Waals surface area contributed by atoms with Gasteiger partial charge in [0.05, 0.1) is 18.8 Å². The minimum Gasteiger partial charge on any atom is -0.391 e. The number of hydrogen-bond acceptors (Lipinski definition) is 4. The smallest absolute Gasteiger partial charge is 0.0900 e. The number of methoxy groups -OCH3 is 1. The Kier molecular flexibility index (Phi) is 5.53. The summed E-state index contributed by atoms with van der Waals surface area (Å²) in [7, 11) is 3.54. The number of ether oxygens (including phenoxy) is 1. The van der Waals surface area contributed by atoms with Crippen molar-refractivity contribution in [3.8, 4) is 0 Å². The Morgan fingerprint density at radius 2 is 2.07 bits per heavy atom. The maximum atomic E-state index is 9.83. The summed E-state index contributed by atoms with van der Waals surface area (Å²) in [4.78, 5) is 2.05. The highest BCUT2D eigenvalue weighted by Gasteiger charge is 2.27. The number of aliphatic hydroxyl groups excluding tert-OH is 2. The van der Waals surface area contributed by atoms with Crippen LogP contribution in [-0.2, 0) is 4.74 Å². The van der Waals surface area contributed by atoms with Crippen LogP contribution in [0.2, 0.25) is 0 Å². The minimum atomic E-state index is -0.464. The zero-order chi connectivity index (χ0) is 11.3. The fraction of sp³-hybridized carbons (Fsp3) is 1.00. The first-order valence-corrected chi connectivity index (χ1v) is 5.70. The minimum absolute atomic E-state index is 0.199. The Balaban J connectivity index is 2.34. The molecule has 4 heteroatoms. The van der Waals surface area contributed by atoms with Crippen LogP contribution >= 0.6 is 0 Å². The van der Waals surface area contributed by atoms with E-state index in [1.54, 1.807) is 7.11 Å². The first-order chi connectivity index (χ1) is 7.15. The standard InChI is InChI=1S/C11H23NO3/c1-12(7-9(13)8-15-2)10-5-3-4-6-11(10)14/h9-11,13-14H,3-8H2,1-2H3/t9?,10-,11-/m0/s1. The van der Waals surface area contributed by atoms with Gasteiger partial charge in [0.2, 0.25) is 0 Å². The molecule has 1 fully saturated rings. The quantitative estimate of drug-likeness (QED) is 0.692. The maximum absolute atomic E-state index is 9.83. The van der Waals surface area contributed by atoms with Crippen LogP contribution in [0.3, 0.4) is 0 Å². The Bertz CT molecular complexity index is 177. The maximum Gasteiger partial charge on any atom is 0.0900 e. The van der Waals surface area contributed by atoms with E-state index in [9.17, 15) is 10.2 Å². The molecule has 0 heterocycles. The molecule has 1 aliphatic rings. The van der Waals surface area contributed by atoms with Gasteiger partial charge in [0.1, 0.15) is 0 Å². The van der Waals surface area contributed by atoms with Crippen LogP contribution < -0.4 is 0 Å². The predicted molar refractivity (Wildman–Crippen MR) is 58.8 cm³/mol. The van der Waals surface area contributed by atoms with Gasteiger partial charge in [0, 0.05) is 19.7 Å². The highest BCUT2D eigenvalue weighted by molar-refractivity contribution is 4.82. The van der Waals surface area contributed by atoms with Crippen LogP contribution in [0.4, 0.5) is 0 Å². The largest absolute Gasteiger partial charge is 0.391 e. The van der Waals surface area contributed by atoms with Crippen LogP contribution in [0.15, 0.2) is 0 Å². The van der Waals surface area contributed by atoms with Gasteiger partial charge in [0.25, 0.3) is 0 Å². The Morgan fingerprint density at radius 1 is 1.40 bits per heavy atom. The molecule has 0 saturated heterocycles. The van der Waals surface area contributed by atoms with Crippen molar-refractivity contribution < 1.29 is 14.9 Å². The molecule has 0 bridgehead atoms. The van der Waals surface area contributed by atoms with E-state index in [4.69, 9.17) is 4.74 Å². The second kappa shape index (κ2) is 6.43. The van der Waals surface area contributed by atoms with E-state index >= 15 is 0 Å². The Labute approximate surface area is 91.8 Å². The molecule has 0 spiro atoms. The van der Waals surface area contributed by atoms with Crippen LogP contribution in [-0.4, -0.2) is 60.7 Å². The molecular formula is C11H23NO3. The molecule has 0 aliphatic heterocycles. The highest BCUT2D eigenvalue weighted by atomic mass is 16.5. The van der Waals surface area contributed by atoms with E-state index in [0.717, 1.165) is 19.3 Å². The lowest BCUT2D eigenvalue weighted by Crippen LogP contribution is -2.46. The lowest BCUT2D eigenvalue weighted by molar-refractivity contribution is -0.00713. The molecule has 1 unspecified atom stereocenters. The lowest BCUT2D eigenvalue weighted by atomic mass is 9.91. The third-order valence-corrected chi connectivity index (χ3v) is 3.12. The van der Waals surface area contributed by atoms with Crippen molar-refractivity contribution in [1.82, 2.24) is 4.90 Å². The normalized spacial score (nSPS) is 29.4. The fourth-order valence-corrected chi connectivity index (χ4v) is 2.32. The molecule has 15 heavy (non-hydrogen) atoms. The number of nitrogens with zero attached hydrogens (tertiary/aromatic N) is 1. The van der Waals surface area contributed by atoms with Crippen LogP contribution in [0.5, 0.6) is 0 Å². The first-order valence-electron chi connectivity index (χ1n) is 5.70. The summed E-state index contributed by atoms with van der Waals surface area (Å²) >= 11 is 0. The van der Waals surface area contributed by atoms with Gasteiger partial charge in [-0.05, 0) is 19.9 Å². The molecule has 0 aromatic heterocycles. The summed E-state index contributed by atoms with van der Waals surface area (Å²) in [6, 6.07) is 0.199. The Hall–Kier alpha value is -0.160. The molecule has 0 aromatic carbocycles. The van der Waals surface area contributed by atoms with Gasteiger partial charge in [-0.2, -0.15) is 0 Å². The van der Waals surface area contributed by atoms with E-state index in [0.29, 0.717) is 13.2 Å². The van der Waals surface area contributed by atoms with Gasteiger partial charge >= 0.3 is 0 Å². The summed E-state index contributed by atoms with van der Waals surface area (Å²) in [5.74, 6) is 0. The van der Waals surface area contributed by atoms with Crippen molar-refractivity contribution in [2.45, 2.75) is 43.9 Å². The van der Waals surface area contributed by atoms with Gasteiger partial charge in [-0.25, -0.2) is 0 Å². The summed E-state index contributed by atoms with van der Waals surface area (Å²) in [6.45, 7) is 0.919. The lowest BCUT2D eigenvalue weighted by Gasteiger charge is -2.36. The van der Waals surface area contributed by atoms with E-state index in [1.807, 2.05) is 11.9 Å². The molecular weight excluding hydrogens is 194 g/mol. The number of rotatable bonds is 5. The van der Waals surface area contributed by atoms with E-state index in [2.05, 4.69) is 0 Å². The first kappa shape index (κ1) is 12.9. The topological polar surface area (TPSA) is 52.9 Å². The molecule has 0 radical (unpaired) electrons. The van der Waals surface area contributed by atoms with Gasteiger partial charge in [-0.1, -0.05) is 12.8 Å². The highest BCUT2D eigenvalue weighted by Crippen LogP contribution is 2.22. The third-order valence-electron chi connectivity index (χ3n) is 3.12. The number of aliphatic hydroxyl groups is 2. The zero-order valence-electron chi connectivity index (χ0n) is 9.72. The average Bonchev–Trinajstić information content (AvgIpc) is 2.18. The average molecular weight is 217 g/mol. The molecule has 1 aliphatic carbocycles. The molecule has 4 nitrogen and oxygen atoms in total.